The zero-order chi connectivity index (χ0) is 20.4. The van der Waals surface area contributed by atoms with E-state index in [9.17, 15) is 0 Å². The second-order valence-electron chi connectivity index (χ2n) is 7.05. The fraction of sp³-hybridized carbons (Fsp3) is 0.0667. The molecular formula is C30H22. The molecule has 0 N–H and O–H groups in total. The largest absolute Gasteiger partial charge is 0.0880 e. The first-order chi connectivity index (χ1) is 14.9. The minimum Gasteiger partial charge on any atom is -0.0880 e. The summed E-state index contributed by atoms with van der Waals surface area (Å²) in [5.74, 6) is 13.7. The Morgan fingerprint density at radius 3 is 1.00 bits per heavy atom. The average molecular weight is 383 g/mol. The minimum atomic E-state index is -0.0370. The molecule has 0 heteroatoms. The van der Waals surface area contributed by atoms with Gasteiger partial charge in [-0.05, 0) is 35.4 Å². The summed E-state index contributed by atoms with van der Waals surface area (Å²) in [4.78, 5) is 0. The van der Waals surface area contributed by atoms with E-state index in [1.165, 1.54) is 11.1 Å². The van der Waals surface area contributed by atoms with Crippen LogP contribution in [0.2, 0.25) is 0 Å². The van der Waals surface area contributed by atoms with E-state index in [-0.39, 0.29) is 11.8 Å². The van der Waals surface area contributed by atoms with Gasteiger partial charge in [-0.25, -0.2) is 0 Å². The molecule has 0 saturated carbocycles. The van der Waals surface area contributed by atoms with Crippen molar-refractivity contribution >= 4 is 0 Å². The highest BCUT2D eigenvalue weighted by atomic mass is 14.2. The molecule has 2 unspecified atom stereocenters. The van der Waals surface area contributed by atoms with Gasteiger partial charge in [0.1, 0.15) is 0 Å². The van der Waals surface area contributed by atoms with Gasteiger partial charge in [-0.3, -0.25) is 0 Å². The lowest BCUT2D eigenvalue weighted by molar-refractivity contribution is 0.780. The molecule has 4 rings (SSSR count). The van der Waals surface area contributed by atoms with Crippen LogP contribution in [-0.2, 0) is 0 Å². The fourth-order valence-corrected chi connectivity index (χ4v) is 3.40. The SMILES string of the molecule is C(#CC(c1ccccc1)C(C#Cc1ccccc1)c1ccccc1)c1ccccc1. The molecule has 0 aliphatic rings. The first kappa shape index (κ1) is 19.3. The van der Waals surface area contributed by atoms with Crippen LogP contribution in [0.25, 0.3) is 0 Å². The van der Waals surface area contributed by atoms with Gasteiger partial charge in [-0.1, -0.05) is 121 Å². The Balaban J connectivity index is 1.81. The van der Waals surface area contributed by atoms with E-state index < -0.39 is 0 Å². The molecule has 0 radical (unpaired) electrons. The molecule has 0 fully saturated rings. The zero-order valence-corrected chi connectivity index (χ0v) is 16.7. The van der Waals surface area contributed by atoms with E-state index >= 15 is 0 Å². The Kier molecular flexibility index (Phi) is 6.42. The van der Waals surface area contributed by atoms with Gasteiger partial charge in [0, 0.05) is 11.1 Å². The Morgan fingerprint density at radius 2 is 0.667 bits per heavy atom. The number of hydrogen-bond acceptors (Lipinski definition) is 0. The maximum absolute atomic E-state index is 3.53. The normalized spacial score (nSPS) is 11.9. The Labute approximate surface area is 179 Å². The molecule has 4 aromatic carbocycles. The van der Waals surface area contributed by atoms with Gasteiger partial charge in [0.15, 0.2) is 0 Å². The summed E-state index contributed by atoms with van der Waals surface area (Å²) in [6.45, 7) is 0. The van der Waals surface area contributed by atoms with E-state index in [2.05, 4.69) is 72.2 Å². The molecule has 30 heavy (non-hydrogen) atoms. The van der Waals surface area contributed by atoms with Gasteiger partial charge >= 0.3 is 0 Å². The molecule has 0 nitrogen and oxygen atoms in total. The maximum Gasteiger partial charge on any atom is 0.0634 e. The van der Waals surface area contributed by atoms with Crippen LogP contribution in [0.4, 0.5) is 0 Å². The topological polar surface area (TPSA) is 0 Å². The highest BCUT2D eigenvalue weighted by Gasteiger charge is 2.21. The van der Waals surface area contributed by atoms with Crippen molar-refractivity contribution in [1.29, 1.82) is 0 Å². The second kappa shape index (κ2) is 9.97. The van der Waals surface area contributed by atoms with Gasteiger partial charge in [-0.15, -0.1) is 0 Å². The van der Waals surface area contributed by atoms with Crippen LogP contribution in [0.1, 0.15) is 34.1 Å². The quantitative estimate of drug-likeness (QED) is 0.348. The van der Waals surface area contributed by atoms with Crippen LogP contribution < -0.4 is 0 Å². The Hall–Kier alpha value is -4.00. The maximum atomic E-state index is 3.53. The van der Waals surface area contributed by atoms with Gasteiger partial charge in [0.2, 0.25) is 0 Å². The summed E-state index contributed by atoms with van der Waals surface area (Å²) >= 11 is 0. The third kappa shape index (κ3) is 5.08. The molecule has 0 aliphatic heterocycles. The van der Waals surface area contributed by atoms with Gasteiger partial charge < -0.3 is 0 Å². The lowest BCUT2D eigenvalue weighted by atomic mass is 9.82. The Morgan fingerprint density at radius 1 is 0.367 bits per heavy atom. The summed E-state index contributed by atoms with van der Waals surface area (Å²) < 4.78 is 0. The summed E-state index contributed by atoms with van der Waals surface area (Å²) in [7, 11) is 0. The van der Waals surface area contributed by atoms with Gasteiger partial charge in [0.05, 0.1) is 11.8 Å². The van der Waals surface area contributed by atoms with Crippen molar-refractivity contribution in [3.63, 3.8) is 0 Å². The molecule has 0 saturated heterocycles. The summed E-state index contributed by atoms with van der Waals surface area (Å²) in [6.07, 6.45) is 0. The van der Waals surface area contributed by atoms with Gasteiger partial charge in [0.25, 0.3) is 0 Å². The van der Waals surface area contributed by atoms with Crippen LogP contribution in [-0.4, -0.2) is 0 Å². The average Bonchev–Trinajstić information content (AvgIpc) is 2.83. The lowest BCUT2D eigenvalue weighted by Gasteiger charge is -2.19. The highest BCUT2D eigenvalue weighted by Crippen LogP contribution is 2.32. The number of rotatable bonds is 3. The third-order valence-electron chi connectivity index (χ3n) is 4.94. The van der Waals surface area contributed by atoms with Crippen LogP contribution in [0.3, 0.4) is 0 Å². The first-order valence-electron chi connectivity index (χ1n) is 10.1. The molecule has 4 aromatic rings. The summed E-state index contributed by atoms with van der Waals surface area (Å²) in [5.41, 5.74) is 4.39. The van der Waals surface area contributed by atoms with Crippen molar-refractivity contribution in [1.82, 2.24) is 0 Å². The first-order valence-corrected chi connectivity index (χ1v) is 10.1. The van der Waals surface area contributed by atoms with Crippen molar-refractivity contribution in [3.05, 3.63) is 144 Å². The molecule has 0 heterocycles. The van der Waals surface area contributed by atoms with E-state index in [1.54, 1.807) is 0 Å². The van der Waals surface area contributed by atoms with E-state index in [0.29, 0.717) is 0 Å². The predicted molar refractivity (Wildman–Crippen MR) is 125 cm³/mol. The van der Waals surface area contributed by atoms with Crippen molar-refractivity contribution in [2.24, 2.45) is 0 Å². The summed E-state index contributed by atoms with van der Waals surface area (Å²) in [5, 5.41) is 0. The van der Waals surface area contributed by atoms with Gasteiger partial charge in [-0.2, -0.15) is 0 Å². The van der Waals surface area contributed by atoms with Crippen LogP contribution in [0, 0.1) is 23.7 Å². The molecule has 2 atom stereocenters. The number of benzene rings is 4. The predicted octanol–water partition coefficient (Wildman–Crippen LogP) is 6.66. The van der Waals surface area contributed by atoms with Crippen molar-refractivity contribution in [2.45, 2.75) is 11.8 Å². The molecule has 0 aliphatic carbocycles. The van der Waals surface area contributed by atoms with Crippen molar-refractivity contribution in [2.75, 3.05) is 0 Å². The lowest BCUT2D eigenvalue weighted by Crippen LogP contribution is -2.09. The molecule has 0 bridgehead atoms. The third-order valence-corrected chi connectivity index (χ3v) is 4.94. The van der Waals surface area contributed by atoms with E-state index in [1.807, 2.05) is 72.8 Å². The van der Waals surface area contributed by atoms with E-state index in [4.69, 9.17) is 0 Å². The van der Waals surface area contributed by atoms with Crippen LogP contribution >= 0.6 is 0 Å². The molecule has 142 valence electrons. The number of hydrogen-bond donors (Lipinski definition) is 0. The van der Waals surface area contributed by atoms with E-state index in [0.717, 1.165) is 11.1 Å². The van der Waals surface area contributed by atoms with Crippen molar-refractivity contribution < 1.29 is 0 Å². The van der Waals surface area contributed by atoms with Crippen molar-refractivity contribution in [3.8, 4) is 23.7 Å². The van der Waals surface area contributed by atoms with Crippen LogP contribution in [0.5, 0.6) is 0 Å². The molecule has 0 aromatic heterocycles. The molecule has 0 amide bonds. The second-order valence-corrected chi connectivity index (χ2v) is 7.05. The molecular weight excluding hydrogens is 360 g/mol. The fourth-order valence-electron chi connectivity index (χ4n) is 3.40. The Bertz CT molecular complexity index is 1070. The monoisotopic (exact) mass is 382 g/mol. The minimum absolute atomic E-state index is 0.0370. The smallest absolute Gasteiger partial charge is 0.0634 e. The summed E-state index contributed by atoms with van der Waals surface area (Å²) in [6, 6.07) is 41.2. The van der Waals surface area contributed by atoms with Crippen LogP contribution in [0.15, 0.2) is 121 Å². The molecule has 0 spiro atoms. The highest BCUT2D eigenvalue weighted by molar-refractivity contribution is 5.46. The zero-order valence-electron chi connectivity index (χ0n) is 16.7. The standard InChI is InChI=1S/C30H22/c1-5-13-25(14-6-1)21-23-29(27-17-9-3-10-18-27)30(28-19-11-4-12-20-28)24-22-26-15-7-2-8-16-26/h1-20,29-30H.